The molecule has 0 aliphatic carbocycles. The molecule has 1 atom stereocenters. The first kappa shape index (κ1) is 13.6. The Kier molecular flexibility index (Phi) is 4.42. The fraction of sp³-hybridized carbons (Fsp3) is 0.714. The minimum atomic E-state index is -3.70. The number of aromatic nitrogens is 3. The largest absolute Gasteiger partial charge is 0.392 e. The number of hydrogen-bond acceptors (Lipinski definition) is 5. The SMILES string of the molecule is CCC(O)CNS(=O)(=O)c1c(Br)nnn1C. The molecule has 1 aromatic heterocycles. The topological polar surface area (TPSA) is 97.1 Å². The van der Waals surface area contributed by atoms with Gasteiger partial charge in [0.2, 0.25) is 5.03 Å². The van der Waals surface area contributed by atoms with E-state index >= 15 is 0 Å². The molecule has 1 heterocycles. The molecule has 9 heteroatoms. The summed E-state index contributed by atoms with van der Waals surface area (Å²) in [6, 6.07) is 0. The van der Waals surface area contributed by atoms with Gasteiger partial charge in [0.25, 0.3) is 10.0 Å². The van der Waals surface area contributed by atoms with E-state index in [0.717, 1.165) is 4.68 Å². The third-order valence-electron chi connectivity index (χ3n) is 1.97. The normalized spacial score (nSPS) is 14.0. The first-order chi connectivity index (χ1) is 7.38. The fourth-order valence-corrected chi connectivity index (χ4v) is 3.19. The summed E-state index contributed by atoms with van der Waals surface area (Å²) in [6.07, 6.45) is -0.220. The standard InChI is InChI=1S/C7H13BrN4O3S/c1-3-5(13)4-9-16(14,15)7-6(8)10-11-12(7)2/h5,9,13H,3-4H2,1-2H3. The van der Waals surface area contributed by atoms with Gasteiger partial charge < -0.3 is 5.11 Å². The molecule has 1 aromatic rings. The van der Waals surface area contributed by atoms with Crippen molar-refractivity contribution in [3.63, 3.8) is 0 Å². The van der Waals surface area contributed by atoms with Crippen LogP contribution in [0.4, 0.5) is 0 Å². The Hall–Kier alpha value is -0.510. The van der Waals surface area contributed by atoms with E-state index in [1.807, 2.05) is 0 Å². The van der Waals surface area contributed by atoms with E-state index in [0.29, 0.717) is 6.42 Å². The Morgan fingerprint density at radius 1 is 1.62 bits per heavy atom. The minimum Gasteiger partial charge on any atom is -0.392 e. The number of rotatable bonds is 5. The molecule has 16 heavy (non-hydrogen) atoms. The zero-order valence-electron chi connectivity index (χ0n) is 8.88. The van der Waals surface area contributed by atoms with Crippen LogP contribution >= 0.6 is 15.9 Å². The molecular formula is C7H13BrN4O3S. The number of nitrogens with zero attached hydrogens (tertiary/aromatic N) is 3. The van der Waals surface area contributed by atoms with Crippen molar-refractivity contribution >= 4 is 26.0 Å². The van der Waals surface area contributed by atoms with Gasteiger partial charge >= 0.3 is 0 Å². The van der Waals surface area contributed by atoms with E-state index in [2.05, 4.69) is 31.0 Å². The molecule has 1 rings (SSSR count). The van der Waals surface area contributed by atoms with E-state index in [4.69, 9.17) is 0 Å². The number of aliphatic hydroxyl groups excluding tert-OH is 1. The summed E-state index contributed by atoms with van der Waals surface area (Å²) in [6.45, 7) is 1.73. The van der Waals surface area contributed by atoms with Crippen LogP contribution in [0.3, 0.4) is 0 Å². The van der Waals surface area contributed by atoms with Crippen LogP contribution in [-0.4, -0.2) is 41.2 Å². The van der Waals surface area contributed by atoms with E-state index in [1.54, 1.807) is 6.92 Å². The molecule has 7 nitrogen and oxygen atoms in total. The van der Waals surface area contributed by atoms with Crippen molar-refractivity contribution in [2.75, 3.05) is 6.54 Å². The number of hydrogen-bond donors (Lipinski definition) is 2. The van der Waals surface area contributed by atoms with Gasteiger partial charge in [-0.25, -0.2) is 17.8 Å². The van der Waals surface area contributed by atoms with Crippen molar-refractivity contribution in [2.24, 2.45) is 7.05 Å². The second kappa shape index (κ2) is 5.21. The van der Waals surface area contributed by atoms with Crippen LogP contribution in [0.15, 0.2) is 9.63 Å². The molecule has 0 fully saturated rings. The first-order valence-electron chi connectivity index (χ1n) is 4.61. The summed E-state index contributed by atoms with van der Waals surface area (Å²) in [5.74, 6) is 0. The maximum absolute atomic E-state index is 11.8. The molecule has 0 amide bonds. The molecule has 0 saturated carbocycles. The zero-order valence-corrected chi connectivity index (χ0v) is 11.3. The van der Waals surface area contributed by atoms with Crippen LogP contribution < -0.4 is 4.72 Å². The van der Waals surface area contributed by atoms with Crippen LogP contribution in [-0.2, 0) is 17.1 Å². The summed E-state index contributed by atoms with van der Waals surface area (Å²) < 4.78 is 27.2. The smallest absolute Gasteiger partial charge is 0.260 e. The number of nitrogens with one attached hydrogen (secondary N) is 1. The summed E-state index contributed by atoms with van der Waals surface area (Å²) in [4.78, 5) is 0. The van der Waals surface area contributed by atoms with Crippen LogP contribution in [0.1, 0.15) is 13.3 Å². The zero-order chi connectivity index (χ0) is 12.3. The lowest BCUT2D eigenvalue weighted by Crippen LogP contribution is -2.33. The third-order valence-corrected chi connectivity index (χ3v) is 4.28. The summed E-state index contributed by atoms with van der Waals surface area (Å²) in [5, 5.41) is 16.4. The molecule has 0 bridgehead atoms. The number of aliphatic hydroxyl groups is 1. The molecule has 1 unspecified atom stereocenters. The maximum Gasteiger partial charge on any atom is 0.260 e. The molecule has 0 spiro atoms. The highest BCUT2D eigenvalue weighted by atomic mass is 79.9. The van der Waals surface area contributed by atoms with Crippen molar-refractivity contribution in [1.29, 1.82) is 0 Å². The monoisotopic (exact) mass is 312 g/mol. The summed E-state index contributed by atoms with van der Waals surface area (Å²) in [5.41, 5.74) is 0. The van der Waals surface area contributed by atoms with E-state index in [9.17, 15) is 13.5 Å². The molecule has 0 saturated heterocycles. The fourth-order valence-electron chi connectivity index (χ4n) is 1.03. The first-order valence-corrected chi connectivity index (χ1v) is 6.89. The van der Waals surface area contributed by atoms with E-state index in [-0.39, 0.29) is 16.2 Å². The molecule has 0 aromatic carbocycles. The van der Waals surface area contributed by atoms with Crippen LogP contribution in [0.2, 0.25) is 0 Å². The third kappa shape index (κ3) is 3.00. The van der Waals surface area contributed by atoms with E-state index in [1.165, 1.54) is 7.05 Å². The Morgan fingerprint density at radius 3 is 2.69 bits per heavy atom. The predicted molar refractivity (Wildman–Crippen MR) is 60.2 cm³/mol. The van der Waals surface area contributed by atoms with Crippen LogP contribution in [0.5, 0.6) is 0 Å². The molecule has 0 aliphatic rings. The van der Waals surface area contributed by atoms with Crippen molar-refractivity contribution in [3.8, 4) is 0 Å². The number of sulfonamides is 1. The second-order valence-corrected chi connectivity index (χ2v) is 5.66. The van der Waals surface area contributed by atoms with Crippen molar-refractivity contribution in [1.82, 2.24) is 19.7 Å². The Labute approximate surface area is 102 Å². The van der Waals surface area contributed by atoms with E-state index < -0.39 is 16.1 Å². The molecular weight excluding hydrogens is 300 g/mol. The lowest BCUT2D eigenvalue weighted by molar-refractivity contribution is 0.174. The number of aryl methyl sites for hydroxylation is 1. The lowest BCUT2D eigenvalue weighted by atomic mass is 10.3. The van der Waals surface area contributed by atoms with Gasteiger partial charge in [0, 0.05) is 13.6 Å². The average molecular weight is 313 g/mol. The van der Waals surface area contributed by atoms with Gasteiger partial charge in [0.15, 0.2) is 4.60 Å². The maximum atomic E-state index is 11.8. The van der Waals surface area contributed by atoms with Crippen molar-refractivity contribution < 1.29 is 13.5 Å². The number of halogens is 1. The van der Waals surface area contributed by atoms with Gasteiger partial charge in [-0.3, -0.25) is 0 Å². The molecule has 2 N–H and O–H groups in total. The highest BCUT2D eigenvalue weighted by Crippen LogP contribution is 2.17. The second-order valence-electron chi connectivity index (χ2n) is 3.22. The lowest BCUT2D eigenvalue weighted by Gasteiger charge is -2.09. The van der Waals surface area contributed by atoms with Gasteiger partial charge in [-0.1, -0.05) is 12.1 Å². The minimum absolute atomic E-state index is 0.0313. The molecule has 0 aliphatic heterocycles. The van der Waals surface area contributed by atoms with Crippen LogP contribution in [0.25, 0.3) is 0 Å². The van der Waals surface area contributed by atoms with Gasteiger partial charge in [-0.2, -0.15) is 0 Å². The van der Waals surface area contributed by atoms with Crippen LogP contribution in [0, 0.1) is 0 Å². The molecule has 92 valence electrons. The van der Waals surface area contributed by atoms with Gasteiger partial charge in [0.1, 0.15) is 0 Å². The highest BCUT2D eigenvalue weighted by molar-refractivity contribution is 9.10. The average Bonchev–Trinajstić information content (AvgIpc) is 2.55. The van der Waals surface area contributed by atoms with Gasteiger partial charge in [0.05, 0.1) is 6.10 Å². The van der Waals surface area contributed by atoms with Gasteiger partial charge in [-0.15, -0.1) is 5.10 Å². The Bertz CT molecular complexity index is 439. The summed E-state index contributed by atoms with van der Waals surface area (Å²) in [7, 11) is -2.23. The predicted octanol–water partition coefficient (Wildman–Crippen LogP) is -0.373. The van der Waals surface area contributed by atoms with Crippen molar-refractivity contribution in [2.45, 2.75) is 24.5 Å². The summed E-state index contributed by atoms with van der Waals surface area (Å²) >= 11 is 3.00. The quantitative estimate of drug-likeness (QED) is 0.773. The highest BCUT2D eigenvalue weighted by Gasteiger charge is 2.23. The van der Waals surface area contributed by atoms with Crippen molar-refractivity contribution in [3.05, 3.63) is 4.60 Å². The van der Waals surface area contributed by atoms with Gasteiger partial charge in [-0.05, 0) is 22.4 Å². The Morgan fingerprint density at radius 2 is 2.25 bits per heavy atom. The Balaban J connectivity index is 2.87. The molecule has 0 radical (unpaired) electrons.